The molecular weight excluding hydrogens is 594 g/mol. The van der Waals surface area contributed by atoms with Crippen LogP contribution in [0.25, 0.3) is 0 Å². The van der Waals surface area contributed by atoms with Crippen molar-refractivity contribution in [1.29, 1.82) is 0 Å². The first kappa shape index (κ1) is 36.2. The minimum Gasteiger partial charge on any atom is -0.487 e. The molecule has 12 nitrogen and oxygen atoms in total. The Labute approximate surface area is 271 Å². The Morgan fingerprint density at radius 2 is 1.52 bits per heavy atom. The number of methoxy groups -OCH3 is 2. The van der Waals surface area contributed by atoms with Gasteiger partial charge in [-0.15, -0.1) is 6.42 Å². The van der Waals surface area contributed by atoms with Crippen LogP contribution in [-0.4, -0.2) is 82.8 Å². The largest absolute Gasteiger partial charge is 0.487 e. The number of anilines is 2. The molecule has 1 aliphatic heterocycles. The highest BCUT2D eigenvalue weighted by Gasteiger charge is 2.41. The summed E-state index contributed by atoms with van der Waals surface area (Å²) in [5, 5.41) is 0. The number of aliphatic imine (C=N–C) groups is 1. The number of ether oxygens (including phenoxy) is 7. The molecule has 1 unspecified atom stereocenters. The van der Waals surface area contributed by atoms with Gasteiger partial charge in [0.15, 0.2) is 17.3 Å². The molecule has 0 radical (unpaired) electrons. The molecule has 0 N–H and O–H groups in total. The van der Waals surface area contributed by atoms with Gasteiger partial charge in [0.25, 0.3) is 0 Å². The number of amides is 2. The van der Waals surface area contributed by atoms with Crippen LogP contribution in [0, 0.1) is 12.3 Å². The van der Waals surface area contributed by atoms with Crippen LogP contribution in [0.15, 0.2) is 41.4 Å². The third kappa shape index (κ3) is 9.59. The summed E-state index contributed by atoms with van der Waals surface area (Å²) in [5.41, 5.74) is -0.136. The molecule has 1 heterocycles. The Morgan fingerprint density at radius 3 is 2.07 bits per heavy atom. The van der Waals surface area contributed by atoms with Gasteiger partial charge in [-0.05, 0) is 72.7 Å². The summed E-state index contributed by atoms with van der Waals surface area (Å²) in [5.74, 6) is 3.36. The second-order valence-corrected chi connectivity index (χ2v) is 12.1. The predicted molar refractivity (Wildman–Crippen MR) is 175 cm³/mol. The quantitative estimate of drug-likeness (QED) is 0.216. The van der Waals surface area contributed by atoms with Gasteiger partial charge in [0.05, 0.1) is 24.6 Å². The van der Waals surface area contributed by atoms with Gasteiger partial charge in [0.1, 0.15) is 24.4 Å². The smallest absolute Gasteiger partial charge is 0.420 e. The lowest BCUT2D eigenvalue weighted by Crippen LogP contribution is -2.51. The summed E-state index contributed by atoms with van der Waals surface area (Å²) < 4.78 is 40.1. The summed E-state index contributed by atoms with van der Waals surface area (Å²) in [6.45, 7) is 13.5. The summed E-state index contributed by atoms with van der Waals surface area (Å²) in [6, 6.07) is 10.1. The number of rotatable bonds is 11. The molecule has 1 aliphatic rings. The second-order valence-electron chi connectivity index (χ2n) is 12.1. The van der Waals surface area contributed by atoms with E-state index in [1.54, 1.807) is 99.1 Å². The van der Waals surface area contributed by atoms with Gasteiger partial charge in [-0.25, -0.2) is 24.4 Å². The molecule has 46 heavy (non-hydrogen) atoms. The zero-order chi connectivity index (χ0) is 34.1. The second kappa shape index (κ2) is 15.8. The van der Waals surface area contributed by atoms with Crippen LogP contribution in [0.4, 0.5) is 21.0 Å². The standard InChI is InChI=1S/C34H45N3O9/c1-11-23-14-13-15-24(20-23)36(31(38)45-33(3,4)5)29-25-21-27(43-18-16-40-9)28(44-19-17-41-10)22-26(25)37(30(35-29)42-12-2)32(39)46-34(6,7)8/h1,13-15,20-22,30H,12,16-19H2,2-10H3. The van der Waals surface area contributed by atoms with E-state index in [4.69, 9.17) is 44.6 Å². The average molecular weight is 640 g/mol. The first-order valence-corrected chi connectivity index (χ1v) is 15.0. The van der Waals surface area contributed by atoms with Gasteiger partial charge in [0.2, 0.25) is 6.35 Å². The van der Waals surface area contributed by atoms with Gasteiger partial charge in [-0.3, -0.25) is 0 Å². The van der Waals surface area contributed by atoms with Gasteiger partial charge < -0.3 is 33.2 Å². The van der Waals surface area contributed by atoms with E-state index in [9.17, 15) is 9.59 Å². The topological polar surface area (TPSA) is 118 Å². The monoisotopic (exact) mass is 639 g/mol. The van der Waals surface area contributed by atoms with E-state index >= 15 is 0 Å². The van der Waals surface area contributed by atoms with E-state index < -0.39 is 29.7 Å². The zero-order valence-electron chi connectivity index (χ0n) is 28.2. The maximum absolute atomic E-state index is 14.0. The van der Waals surface area contributed by atoms with E-state index in [2.05, 4.69) is 5.92 Å². The molecule has 0 aromatic heterocycles. The summed E-state index contributed by atoms with van der Waals surface area (Å²) in [4.78, 5) is 35.2. The van der Waals surface area contributed by atoms with Crippen molar-refractivity contribution < 1.29 is 42.7 Å². The van der Waals surface area contributed by atoms with Crippen molar-refractivity contribution in [2.45, 2.75) is 66.0 Å². The third-order valence-electron chi connectivity index (χ3n) is 6.07. The van der Waals surface area contributed by atoms with Crippen LogP contribution in [0.3, 0.4) is 0 Å². The highest BCUT2D eigenvalue weighted by Crippen LogP contribution is 2.41. The van der Waals surface area contributed by atoms with E-state index in [0.29, 0.717) is 47.2 Å². The van der Waals surface area contributed by atoms with Gasteiger partial charge in [0, 0.05) is 38.0 Å². The molecule has 2 aromatic rings. The number of hydrogen-bond acceptors (Lipinski definition) is 10. The molecular formula is C34H45N3O9. The lowest BCUT2D eigenvalue weighted by molar-refractivity contribution is 0.0300. The van der Waals surface area contributed by atoms with Crippen LogP contribution in [0.2, 0.25) is 0 Å². The van der Waals surface area contributed by atoms with Gasteiger partial charge >= 0.3 is 12.2 Å². The van der Waals surface area contributed by atoms with E-state index in [0.717, 1.165) is 0 Å². The number of carbonyl (C=O) groups excluding carboxylic acids is 2. The molecule has 0 saturated heterocycles. The molecule has 0 spiro atoms. The number of carbonyl (C=O) groups is 2. The molecule has 0 fully saturated rings. The fourth-order valence-corrected chi connectivity index (χ4v) is 4.27. The number of hydrogen-bond donors (Lipinski definition) is 0. The molecule has 12 heteroatoms. The van der Waals surface area contributed by atoms with Crippen LogP contribution in [0.1, 0.15) is 59.6 Å². The third-order valence-corrected chi connectivity index (χ3v) is 6.07. The maximum atomic E-state index is 14.0. The molecule has 250 valence electrons. The molecule has 3 rings (SSSR count). The van der Waals surface area contributed by atoms with Crippen molar-refractivity contribution in [2.75, 3.05) is 57.1 Å². The van der Waals surface area contributed by atoms with Crippen molar-refractivity contribution in [3.63, 3.8) is 0 Å². The Balaban J connectivity index is 2.37. The van der Waals surface area contributed by atoms with Crippen molar-refractivity contribution >= 4 is 29.4 Å². The molecule has 2 aromatic carbocycles. The SMILES string of the molecule is C#Cc1cccc(N(C(=O)OC(C)(C)C)C2=NC(OCC)N(C(=O)OC(C)(C)C)c3cc(OCCOC)c(OCCOC)cc32)c1. The summed E-state index contributed by atoms with van der Waals surface area (Å²) in [6.07, 6.45) is 3.04. The summed E-state index contributed by atoms with van der Waals surface area (Å²) in [7, 11) is 3.12. The van der Waals surface area contributed by atoms with Crippen molar-refractivity contribution in [3.8, 4) is 23.8 Å². The highest BCUT2D eigenvalue weighted by molar-refractivity contribution is 6.25. The lowest BCUT2D eigenvalue weighted by atomic mass is 10.1. The molecule has 1 atom stereocenters. The first-order chi connectivity index (χ1) is 21.7. The predicted octanol–water partition coefficient (Wildman–Crippen LogP) is 5.98. The van der Waals surface area contributed by atoms with Gasteiger partial charge in [-0.1, -0.05) is 12.0 Å². The number of terminal acetylenes is 1. The van der Waals surface area contributed by atoms with Crippen molar-refractivity contribution in [2.24, 2.45) is 4.99 Å². The Kier molecular flexibility index (Phi) is 12.4. The van der Waals surface area contributed by atoms with E-state index in [-0.39, 0.29) is 25.7 Å². The van der Waals surface area contributed by atoms with Crippen LogP contribution >= 0.6 is 0 Å². The number of fused-ring (bicyclic) bond motifs is 1. The minimum atomic E-state index is -1.23. The molecule has 0 aliphatic carbocycles. The zero-order valence-corrected chi connectivity index (χ0v) is 28.2. The first-order valence-electron chi connectivity index (χ1n) is 15.0. The lowest BCUT2D eigenvalue weighted by Gasteiger charge is -2.38. The Morgan fingerprint density at radius 1 is 0.913 bits per heavy atom. The van der Waals surface area contributed by atoms with Crippen molar-refractivity contribution in [3.05, 3.63) is 47.5 Å². The van der Waals surface area contributed by atoms with Crippen LogP contribution < -0.4 is 19.3 Å². The van der Waals surface area contributed by atoms with E-state index in [1.165, 1.54) is 9.80 Å². The number of benzene rings is 2. The fourth-order valence-electron chi connectivity index (χ4n) is 4.27. The van der Waals surface area contributed by atoms with E-state index in [1.807, 2.05) is 0 Å². The normalized spacial score (nSPS) is 14.5. The number of amidine groups is 1. The molecule has 2 amide bonds. The molecule has 0 bridgehead atoms. The minimum absolute atomic E-state index is 0.122. The van der Waals surface area contributed by atoms with Crippen LogP contribution in [-0.2, 0) is 23.7 Å². The summed E-state index contributed by atoms with van der Waals surface area (Å²) >= 11 is 0. The highest BCUT2D eigenvalue weighted by atomic mass is 16.6. The Bertz CT molecular complexity index is 1440. The number of nitrogens with zero attached hydrogens (tertiary/aromatic N) is 3. The Hall–Kier alpha value is -4.31. The molecule has 0 saturated carbocycles. The van der Waals surface area contributed by atoms with Crippen LogP contribution in [0.5, 0.6) is 11.5 Å². The van der Waals surface area contributed by atoms with Gasteiger partial charge in [-0.2, -0.15) is 0 Å². The van der Waals surface area contributed by atoms with Crippen molar-refractivity contribution in [1.82, 2.24) is 0 Å². The average Bonchev–Trinajstić information content (AvgIpc) is 2.96. The maximum Gasteiger partial charge on any atom is 0.420 e. The fraction of sp³-hybridized carbons (Fsp3) is 0.500.